The highest BCUT2D eigenvalue weighted by molar-refractivity contribution is 5.92. The van der Waals surface area contributed by atoms with Crippen LogP contribution in [0.2, 0.25) is 0 Å². The zero-order chi connectivity index (χ0) is 13.5. The van der Waals surface area contributed by atoms with Gasteiger partial charge in [0.25, 0.3) is 0 Å². The molecule has 1 unspecified atom stereocenters. The molecule has 0 spiro atoms. The molecule has 3 nitrogen and oxygen atoms in total. The van der Waals surface area contributed by atoms with Crippen molar-refractivity contribution in [3.63, 3.8) is 0 Å². The van der Waals surface area contributed by atoms with Gasteiger partial charge in [-0.2, -0.15) is 0 Å². The van der Waals surface area contributed by atoms with Crippen LogP contribution in [0, 0.1) is 23.6 Å². The topological polar surface area (TPSA) is 55.1 Å². The number of anilines is 1. The van der Waals surface area contributed by atoms with E-state index < -0.39 is 5.82 Å². The summed E-state index contributed by atoms with van der Waals surface area (Å²) in [6, 6.07) is 4.45. The third-order valence-electron chi connectivity index (χ3n) is 2.62. The second-order valence-corrected chi connectivity index (χ2v) is 4.00. The molecule has 1 amide bonds. The maximum absolute atomic E-state index is 13.7. The number of amides is 1. The Kier molecular flexibility index (Phi) is 5.34. The Morgan fingerprint density at radius 1 is 1.56 bits per heavy atom. The van der Waals surface area contributed by atoms with Crippen molar-refractivity contribution < 1.29 is 9.18 Å². The summed E-state index contributed by atoms with van der Waals surface area (Å²) >= 11 is 0. The Labute approximate surface area is 107 Å². The summed E-state index contributed by atoms with van der Waals surface area (Å²) in [5, 5.41) is 2.56. The molecule has 0 bridgehead atoms. The average Bonchev–Trinajstić information content (AvgIpc) is 2.38. The molecule has 0 saturated heterocycles. The predicted octanol–water partition coefficient (Wildman–Crippen LogP) is 2.12. The van der Waals surface area contributed by atoms with Crippen molar-refractivity contribution in [3.8, 4) is 11.8 Å². The fraction of sp³-hybridized carbons (Fsp3) is 0.357. The highest BCUT2D eigenvalue weighted by Crippen LogP contribution is 2.16. The lowest BCUT2D eigenvalue weighted by Gasteiger charge is -2.10. The molecule has 3 N–H and O–H groups in total. The van der Waals surface area contributed by atoms with E-state index in [-0.39, 0.29) is 24.1 Å². The van der Waals surface area contributed by atoms with Gasteiger partial charge in [0.15, 0.2) is 0 Å². The van der Waals surface area contributed by atoms with Crippen molar-refractivity contribution in [2.45, 2.75) is 20.3 Å². The minimum atomic E-state index is -0.490. The van der Waals surface area contributed by atoms with Gasteiger partial charge >= 0.3 is 0 Å². The van der Waals surface area contributed by atoms with Crippen LogP contribution in [0.4, 0.5) is 10.1 Å². The van der Waals surface area contributed by atoms with E-state index in [1.807, 2.05) is 6.92 Å². The third kappa shape index (κ3) is 3.86. The number of nitrogens with one attached hydrogen (secondary N) is 1. The van der Waals surface area contributed by atoms with Gasteiger partial charge in [0.05, 0.1) is 12.2 Å². The SMILES string of the molecule is CCC(C)C(=O)Nc1ccc(C#CCN)cc1F. The number of benzene rings is 1. The standard InChI is InChI=1S/C14H17FN2O/c1-3-10(2)14(18)17-13-7-6-11(5-4-8-16)9-12(13)15/h6-7,9-10H,3,8,16H2,1-2H3,(H,17,18). The lowest BCUT2D eigenvalue weighted by Crippen LogP contribution is -2.20. The van der Waals surface area contributed by atoms with Gasteiger partial charge in [-0.25, -0.2) is 4.39 Å². The Hall–Kier alpha value is -1.86. The highest BCUT2D eigenvalue weighted by atomic mass is 19.1. The van der Waals surface area contributed by atoms with Crippen molar-refractivity contribution in [1.82, 2.24) is 0 Å². The van der Waals surface area contributed by atoms with Gasteiger partial charge in [0.1, 0.15) is 5.82 Å². The number of halogens is 1. The molecule has 96 valence electrons. The monoisotopic (exact) mass is 248 g/mol. The van der Waals surface area contributed by atoms with Gasteiger partial charge in [-0.1, -0.05) is 25.7 Å². The summed E-state index contributed by atoms with van der Waals surface area (Å²) in [4.78, 5) is 11.6. The molecule has 0 saturated carbocycles. The first-order valence-electron chi connectivity index (χ1n) is 5.87. The van der Waals surface area contributed by atoms with Gasteiger partial charge in [-0.15, -0.1) is 0 Å². The minimum absolute atomic E-state index is 0.138. The van der Waals surface area contributed by atoms with Crippen molar-refractivity contribution in [3.05, 3.63) is 29.6 Å². The van der Waals surface area contributed by atoms with E-state index in [4.69, 9.17) is 5.73 Å². The Bertz CT molecular complexity index is 488. The zero-order valence-electron chi connectivity index (χ0n) is 10.6. The summed E-state index contributed by atoms with van der Waals surface area (Å²) in [5.41, 5.74) is 5.95. The molecular weight excluding hydrogens is 231 g/mol. The molecule has 1 aromatic rings. The second-order valence-electron chi connectivity index (χ2n) is 4.00. The van der Waals surface area contributed by atoms with Gasteiger partial charge in [-0.05, 0) is 24.6 Å². The molecule has 0 fully saturated rings. The van der Waals surface area contributed by atoms with Gasteiger partial charge < -0.3 is 11.1 Å². The number of rotatable bonds is 3. The zero-order valence-corrected chi connectivity index (χ0v) is 10.6. The van der Waals surface area contributed by atoms with Crippen LogP contribution in [-0.2, 0) is 4.79 Å². The summed E-state index contributed by atoms with van der Waals surface area (Å²) in [7, 11) is 0. The minimum Gasteiger partial charge on any atom is -0.323 e. The fourth-order valence-corrected chi connectivity index (χ4v) is 1.29. The van der Waals surface area contributed by atoms with Gasteiger partial charge in [-0.3, -0.25) is 4.79 Å². The smallest absolute Gasteiger partial charge is 0.227 e. The van der Waals surface area contributed by atoms with Crippen molar-refractivity contribution in [2.75, 3.05) is 11.9 Å². The molecule has 0 aromatic heterocycles. The Morgan fingerprint density at radius 2 is 2.28 bits per heavy atom. The first kappa shape index (κ1) is 14.2. The van der Waals surface area contributed by atoms with Crippen LogP contribution in [0.5, 0.6) is 0 Å². The molecular formula is C14H17FN2O. The highest BCUT2D eigenvalue weighted by Gasteiger charge is 2.12. The molecule has 0 aliphatic heterocycles. The molecule has 0 heterocycles. The van der Waals surface area contributed by atoms with E-state index in [0.717, 1.165) is 0 Å². The van der Waals surface area contributed by atoms with Crippen LogP contribution in [0.3, 0.4) is 0 Å². The summed E-state index contributed by atoms with van der Waals surface area (Å²) in [6.45, 7) is 3.94. The molecule has 0 aliphatic rings. The molecule has 0 aliphatic carbocycles. The van der Waals surface area contributed by atoms with E-state index in [1.165, 1.54) is 12.1 Å². The average molecular weight is 248 g/mol. The molecule has 4 heteroatoms. The van der Waals surface area contributed by atoms with Crippen molar-refractivity contribution in [2.24, 2.45) is 11.7 Å². The lowest BCUT2D eigenvalue weighted by molar-refractivity contribution is -0.119. The van der Waals surface area contributed by atoms with E-state index >= 15 is 0 Å². The Morgan fingerprint density at radius 3 is 2.83 bits per heavy atom. The van der Waals surface area contributed by atoms with E-state index in [2.05, 4.69) is 17.2 Å². The van der Waals surface area contributed by atoms with Crippen molar-refractivity contribution >= 4 is 11.6 Å². The molecule has 0 radical (unpaired) electrons. The van der Waals surface area contributed by atoms with E-state index in [0.29, 0.717) is 12.0 Å². The molecule has 1 rings (SSSR count). The number of nitrogens with two attached hydrogens (primary N) is 1. The first-order valence-corrected chi connectivity index (χ1v) is 5.87. The first-order chi connectivity index (χ1) is 8.58. The number of carbonyl (C=O) groups is 1. The van der Waals surface area contributed by atoms with Crippen LogP contribution in [0.25, 0.3) is 0 Å². The normalized spacial score (nSPS) is 11.3. The molecule has 1 aromatic carbocycles. The molecule has 1 atom stereocenters. The van der Waals surface area contributed by atoms with Gasteiger partial charge in [0.2, 0.25) is 5.91 Å². The van der Waals surface area contributed by atoms with E-state index in [9.17, 15) is 9.18 Å². The van der Waals surface area contributed by atoms with Crippen LogP contribution in [-0.4, -0.2) is 12.5 Å². The Balaban J connectivity index is 2.83. The second kappa shape index (κ2) is 6.77. The van der Waals surface area contributed by atoms with Crippen molar-refractivity contribution in [1.29, 1.82) is 0 Å². The molecule has 18 heavy (non-hydrogen) atoms. The van der Waals surface area contributed by atoms with E-state index in [1.54, 1.807) is 13.0 Å². The largest absolute Gasteiger partial charge is 0.323 e. The van der Waals surface area contributed by atoms with Gasteiger partial charge in [0, 0.05) is 11.5 Å². The summed E-state index contributed by atoms with van der Waals surface area (Å²) in [5.74, 6) is 4.56. The number of carbonyl (C=O) groups excluding carboxylic acids is 1. The van der Waals surface area contributed by atoms with Crippen LogP contribution in [0.1, 0.15) is 25.8 Å². The van der Waals surface area contributed by atoms with Crippen LogP contribution < -0.4 is 11.1 Å². The summed E-state index contributed by atoms with van der Waals surface area (Å²) in [6.07, 6.45) is 0.716. The fourth-order valence-electron chi connectivity index (χ4n) is 1.29. The maximum Gasteiger partial charge on any atom is 0.227 e. The number of hydrogen-bond acceptors (Lipinski definition) is 2. The van der Waals surface area contributed by atoms with Crippen LogP contribution >= 0.6 is 0 Å². The van der Waals surface area contributed by atoms with Crippen LogP contribution in [0.15, 0.2) is 18.2 Å². The summed E-state index contributed by atoms with van der Waals surface area (Å²) < 4.78 is 13.7. The predicted molar refractivity (Wildman–Crippen MR) is 70.4 cm³/mol. The lowest BCUT2D eigenvalue weighted by atomic mass is 10.1. The maximum atomic E-state index is 13.7. The quantitative estimate of drug-likeness (QED) is 0.805. The number of hydrogen-bond donors (Lipinski definition) is 2. The third-order valence-corrected chi connectivity index (χ3v) is 2.62.